The third kappa shape index (κ3) is 3.52. The Bertz CT molecular complexity index is 258. The first-order valence-corrected chi connectivity index (χ1v) is 8.54. The standard InChI is InChI=1S/C17H33NO/c1-4-19-16-13-15(18-12-8-9-14(2)3)17(16)10-6-5-7-11-17/h14-16,18H,4-13H2,1-3H3. The first-order chi connectivity index (χ1) is 9.19. The SMILES string of the molecule is CCOC1CC(NCCCC(C)C)C12CCCCC2. The zero-order chi connectivity index (χ0) is 13.7. The molecule has 2 aliphatic carbocycles. The van der Waals surface area contributed by atoms with Gasteiger partial charge in [-0.2, -0.15) is 0 Å². The van der Waals surface area contributed by atoms with Crippen LogP contribution < -0.4 is 5.32 Å². The van der Waals surface area contributed by atoms with Crippen LogP contribution in [-0.2, 0) is 4.74 Å². The molecule has 0 bridgehead atoms. The van der Waals surface area contributed by atoms with Crippen LogP contribution in [0.1, 0.15) is 72.1 Å². The molecule has 1 N–H and O–H groups in total. The van der Waals surface area contributed by atoms with Crippen LogP contribution in [-0.4, -0.2) is 25.3 Å². The van der Waals surface area contributed by atoms with Crippen molar-refractivity contribution in [1.82, 2.24) is 5.32 Å². The van der Waals surface area contributed by atoms with Crippen molar-refractivity contribution in [1.29, 1.82) is 0 Å². The Morgan fingerprint density at radius 1 is 1.21 bits per heavy atom. The van der Waals surface area contributed by atoms with E-state index in [0.717, 1.165) is 18.6 Å². The molecule has 1 spiro atoms. The average molecular weight is 267 g/mol. The Morgan fingerprint density at radius 2 is 1.95 bits per heavy atom. The number of hydrogen-bond acceptors (Lipinski definition) is 2. The summed E-state index contributed by atoms with van der Waals surface area (Å²) in [5, 5.41) is 3.84. The monoisotopic (exact) mass is 267 g/mol. The van der Waals surface area contributed by atoms with Crippen molar-refractivity contribution >= 4 is 0 Å². The van der Waals surface area contributed by atoms with Gasteiger partial charge in [0.1, 0.15) is 0 Å². The Kier molecular flexibility index (Phi) is 5.70. The zero-order valence-corrected chi connectivity index (χ0v) is 13.2. The minimum absolute atomic E-state index is 0.492. The smallest absolute Gasteiger partial charge is 0.0661 e. The second-order valence-corrected chi connectivity index (χ2v) is 7.02. The minimum atomic E-state index is 0.492. The highest BCUT2D eigenvalue weighted by molar-refractivity contribution is 5.08. The highest BCUT2D eigenvalue weighted by atomic mass is 16.5. The molecule has 2 heteroatoms. The van der Waals surface area contributed by atoms with E-state index in [9.17, 15) is 0 Å². The summed E-state index contributed by atoms with van der Waals surface area (Å²) in [7, 11) is 0. The summed E-state index contributed by atoms with van der Waals surface area (Å²) in [6, 6.07) is 0.733. The van der Waals surface area contributed by atoms with E-state index in [1.54, 1.807) is 0 Å². The van der Waals surface area contributed by atoms with Gasteiger partial charge in [0.2, 0.25) is 0 Å². The van der Waals surface area contributed by atoms with Crippen molar-refractivity contribution in [3.8, 4) is 0 Å². The second-order valence-electron chi connectivity index (χ2n) is 7.02. The van der Waals surface area contributed by atoms with Gasteiger partial charge in [0.25, 0.3) is 0 Å². The summed E-state index contributed by atoms with van der Waals surface area (Å²) in [6.45, 7) is 8.85. The molecule has 112 valence electrons. The number of hydrogen-bond donors (Lipinski definition) is 1. The Hall–Kier alpha value is -0.0800. The van der Waals surface area contributed by atoms with E-state index < -0.39 is 0 Å². The molecule has 2 rings (SSSR count). The van der Waals surface area contributed by atoms with Gasteiger partial charge in [0.15, 0.2) is 0 Å². The molecule has 0 saturated heterocycles. The van der Waals surface area contributed by atoms with E-state index in [2.05, 4.69) is 26.1 Å². The van der Waals surface area contributed by atoms with Crippen LogP contribution in [0.15, 0.2) is 0 Å². The van der Waals surface area contributed by atoms with Gasteiger partial charge >= 0.3 is 0 Å². The summed E-state index contributed by atoms with van der Waals surface area (Å²) < 4.78 is 6.01. The third-order valence-electron chi connectivity index (χ3n) is 5.29. The van der Waals surface area contributed by atoms with Crippen LogP contribution in [0, 0.1) is 11.3 Å². The van der Waals surface area contributed by atoms with Crippen molar-refractivity contribution < 1.29 is 4.74 Å². The van der Waals surface area contributed by atoms with Gasteiger partial charge in [-0.05, 0) is 51.5 Å². The second kappa shape index (κ2) is 7.08. The van der Waals surface area contributed by atoms with E-state index in [4.69, 9.17) is 4.74 Å². The fourth-order valence-electron chi connectivity index (χ4n) is 4.14. The molecule has 2 unspecified atom stereocenters. The fraction of sp³-hybridized carbons (Fsp3) is 1.00. The van der Waals surface area contributed by atoms with Gasteiger partial charge in [-0.3, -0.25) is 0 Å². The third-order valence-corrected chi connectivity index (χ3v) is 5.29. The van der Waals surface area contributed by atoms with Gasteiger partial charge < -0.3 is 10.1 Å². The lowest BCUT2D eigenvalue weighted by atomic mass is 9.55. The van der Waals surface area contributed by atoms with Crippen molar-refractivity contribution in [3.63, 3.8) is 0 Å². The first-order valence-electron chi connectivity index (χ1n) is 8.54. The normalized spacial score (nSPS) is 29.7. The molecular weight excluding hydrogens is 234 g/mol. The van der Waals surface area contributed by atoms with Crippen LogP contribution >= 0.6 is 0 Å². The molecule has 0 amide bonds. The van der Waals surface area contributed by atoms with Gasteiger partial charge in [-0.15, -0.1) is 0 Å². The molecule has 2 atom stereocenters. The quantitative estimate of drug-likeness (QED) is 0.700. The highest BCUT2D eigenvalue weighted by Crippen LogP contribution is 2.53. The average Bonchev–Trinajstić information content (AvgIpc) is 2.41. The van der Waals surface area contributed by atoms with Crippen LogP contribution in [0.4, 0.5) is 0 Å². The maximum atomic E-state index is 6.01. The van der Waals surface area contributed by atoms with Crippen molar-refractivity contribution in [3.05, 3.63) is 0 Å². The van der Waals surface area contributed by atoms with Gasteiger partial charge in [0, 0.05) is 18.1 Å². The van der Waals surface area contributed by atoms with E-state index in [1.165, 1.54) is 57.9 Å². The van der Waals surface area contributed by atoms with E-state index >= 15 is 0 Å². The molecule has 2 nitrogen and oxygen atoms in total. The molecule has 2 saturated carbocycles. The summed E-state index contributed by atoms with van der Waals surface area (Å²) in [4.78, 5) is 0. The molecule has 2 aliphatic rings. The lowest BCUT2D eigenvalue weighted by Gasteiger charge is -2.58. The van der Waals surface area contributed by atoms with Crippen LogP contribution in [0.2, 0.25) is 0 Å². The minimum Gasteiger partial charge on any atom is -0.378 e. The lowest BCUT2D eigenvalue weighted by molar-refractivity contribution is -0.149. The number of nitrogens with one attached hydrogen (secondary N) is 1. The largest absolute Gasteiger partial charge is 0.378 e. The maximum Gasteiger partial charge on any atom is 0.0661 e. The first kappa shape index (κ1) is 15.3. The number of rotatable bonds is 7. The summed E-state index contributed by atoms with van der Waals surface area (Å²) in [5.41, 5.74) is 0.492. The van der Waals surface area contributed by atoms with Crippen molar-refractivity contribution in [2.75, 3.05) is 13.2 Å². The van der Waals surface area contributed by atoms with Crippen LogP contribution in [0.5, 0.6) is 0 Å². The molecular formula is C17H33NO. The van der Waals surface area contributed by atoms with Gasteiger partial charge in [0.05, 0.1) is 6.10 Å². The van der Waals surface area contributed by atoms with E-state index in [0.29, 0.717) is 11.5 Å². The lowest BCUT2D eigenvalue weighted by Crippen LogP contribution is -2.64. The van der Waals surface area contributed by atoms with Crippen LogP contribution in [0.3, 0.4) is 0 Å². The summed E-state index contributed by atoms with van der Waals surface area (Å²) >= 11 is 0. The predicted molar refractivity (Wildman–Crippen MR) is 81.4 cm³/mol. The van der Waals surface area contributed by atoms with E-state index in [1.807, 2.05) is 0 Å². The number of ether oxygens (including phenoxy) is 1. The maximum absolute atomic E-state index is 6.01. The molecule has 0 heterocycles. The Morgan fingerprint density at radius 3 is 2.58 bits per heavy atom. The Balaban J connectivity index is 1.80. The highest BCUT2D eigenvalue weighted by Gasteiger charge is 2.55. The summed E-state index contributed by atoms with van der Waals surface area (Å²) in [5.74, 6) is 0.836. The zero-order valence-electron chi connectivity index (χ0n) is 13.2. The molecule has 19 heavy (non-hydrogen) atoms. The molecule has 2 fully saturated rings. The molecule has 0 aromatic heterocycles. The molecule has 0 radical (unpaired) electrons. The van der Waals surface area contributed by atoms with E-state index in [-0.39, 0.29) is 0 Å². The molecule has 0 aromatic carbocycles. The van der Waals surface area contributed by atoms with Crippen molar-refractivity contribution in [2.24, 2.45) is 11.3 Å². The molecule has 0 aromatic rings. The Labute approximate surface area is 119 Å². The summed E-state index contributed by atoms with van der Waals surface area (Å²) in [6.07, 6.45) is 11.5. The van der Waals surface area contributed by atoms with Gasteiger partial charge in [-0.25, -0.2) is 0 Å². The van der Waals surface area contributed by atoms with Crippen molar-refractivity contribution in [2.45, 2.75) is 84.3 Å². The van der Waals surface area contributed by atoms with Crippen LogP contribution in [0.25, 0.3) is 0 Å². The topological polar surface area (TPSA) is 21.3 Å². The van der Waals surface area contributed by atoms with Gasteiger partial charge in [-0.1, -0.05) is 33.1 Å². The molecule has 0 aliphatic heterocycles. The fourth-order valence-corrected chi connectivity index (χ4v) is 4.14. The predicted octanol–water partition coefficient (Wildman–Crippen LogP) is 4.14.